The number of hydrogen-bond donors (Lipinski definition) is 3. The van der Waals surface area contributed by atoms with Crippen molar-refractivity contribution in [1.82, 2.24) is 0 Å². The van der Waals surface area contributed by atoms with Crippen molar-refractivity contribution < 1.29 is 80.2 Å². The van der Waals surface area contributed by atoms with E-state index in [1.165, 1.54) is 116 Å². The van der Waals surface area contributed by atoms with Gasteiger partial charge in [0.05, 0.1) is 26.4 Å². The monoisotopic (exact) mass is 1250 g/mol. The predicted octanol–water partition coefficient (Wildman–Crippen LogP) is 18.1. The second-order valence-electron chi connectivity index (χ2n) is 25.5. The second-order valence-corrected chi connectivity index (χ2v) is 28.4. The third-order valence-corrected chi connectivity index (χ3v) is 17.3. The average Bonchev–Trinajstić information content (AvgIpc) is 3.54. The lowest BCUT2D eigenvalue weighted by Gasteiger charge is -2.21. The van der Waals surface area contributed by atoms with Crippen LogP contribution in [0.1, 0.15) is 319 Å². The zero-order valence-corrected chi connectivity index (χ0v) is 57.0. The van der Waals surface area contributed by atoms with Crippen molar-refractivity contribution in [1.29, 1.82) is 0 Å². The molecule has 0 amide bonds. The van der Waals surface area contributed by atoms with Gasteiger partial charge in [-0.1, -0.05) is 267 Å². The number of carbonyl (C=O) groups excluding carboxylic acids is 4. The second kappa shape index (κ2) is 56.1. The van der Waals surface area contributed by atoms with Crippen LogP contribution in [-0.4, -0.2) is 96.7 Å². The molecule has 0 saturated carbocycles. The molecule has 3 unspecified atom stereocenters. The minimum atomic E-state index is -4.95. The van der Waals surface area contributed by atoms with Crippen molar-refractivity contribution in [3.05, 3.63) is 0 Å². The molecule has 3 N–H and O–H groups in total. The number of ether oxygens (including phenoxy) is 4. The number of aliphatic hydroxyl groups excluding tert-OH is 1. The topological polar surface area (TPSA) is 237 Å². The number of esters is 4. The van der Waals surface area contributed by atoms with Gasteiger partial charge in [-0.3, -0.25) is 37.3 Å². The maximum absolute atomic E-state index is 13.0. The number of carbonyl (C=O) groups is 4. The van der Waals surface area contributed by atoms with E-state index in [0.29, 0.717) is 37.5 Å². The van der Waals surface area contributed by atoms with Crippen LogP contribution in [-0.2, 0) is 65.4 Å². The number of phosphoric acid groups is 2. The van der Waals surface area contributed by atoms with Crippen molar-refractivity contribution in [3.63, 3.8) is 0 Å². The fraction of sp³-hybridized carbons (Fsp3) is 0.939. The minimum absolute atomic E-state index is 0.101. The molecule has 0 aliphatic heterocycles. The molecule has 0 aromatic carbocycles. The molecule has 0 rings (SSSR count). The molecule has 17 nitrogen and oxygen atoms in total. The van der Waals surface area contributed by atoms with Crippen LogP contribution in [0.4, 0.5) is 0 Å². The van der Waals surface area contributed by atoms with Gasteiger partial charge < -0.3 is 33.8 Å². The zero-order valence-electron chi connectivity index (χ0n) is 55.2. The van der Waals surface area contributed by atoms with E-state index in [1.807, 2.05) is 0 Å². The fourth-order valence-electron chi connectivity index (χ4n) is 9.75. The van der Waals surface area contributed by atoms with Crippen LogP contribution >= 0.6 is 15.6 Å². The molecule has 0 aliphatic rings. The zero-order chi connectivity index (χ0) is 63.2. The van der Waals surface area contributed by atoms with Crippen LogP contribution in [0.3, 0.4) is 0 Å². The summed E-state index contributed by atoms with van der Waals surface area (Å²) in [7, 11) is -9.89. The largest absolute Gasteiger partial charge is 0.472 e. The Labute approximate surface area is 517 Å². The molecule has 0 aliphatic carbocycles. The normalized spacial score (nSPS) is 14.7. The van der Waals surface area contributed by atoms with Crippen molar-refractivity contribution in [2.24, 2.45) is 23.7 Å². The van der Waals surface area contributed by atoms with Crippen LogP contribution in [0.25, 0.3) is 0 Å². The molecule has 19 heteroatoms. The first-order chi connectivity index (χ1) is 40.6. The van der Waals surface area contributed by atoms with Crippen LogP contribution in [0.15, 0.2) is 0 Å². The lowest BCUT2D eigenvalue weighted by Crippen LogP contribution is -2.30. The van der Waals surface area contributed by atoms with Crippen molar-refractivity contribution in [3.8, 4) is 0 Å². The summed E-state index contributed by atoms with van der Waals surface area (Å²) >= 11 is 0. The molecule has 0 bridgehead atoms. The first-order valence-electron chi connectivity index (χ1n) is 34.2. The molecule has 0 saturated heterocycles. The molecule has 0 fully saturated rings. The number of unbranched alkanes of at least 4 members (excludes halogenated alkanes) is 28. The molecule has 0 heterocycles. The molecule has 0 aromatic rings. The first kappa shape index (κ1) is 83.1. The third kappa shape index (κ3) is 59.5. The molecule has 6 atom stereocenters. The Hall–Kier alpha value is -1.94. The van der Waals surface area contributed by atoms with E-state index < -0.39 is 97.5 Å². The highest BCUT2D eigenvalue weighted by molar-refractivity contribution is 7.47. The molecule has 0 spiro atoms. The van der Waals surface area contributed by atoms with E-state index >= 15 is 0 Å². The Morgan fingerprint density at radius 2 is 0.565 bits per heavy atom. The average molecular weight is 1260 g/mol. The maximum Gasteiger partial charge on any atom is 0.472 e. The quantitative estimate of drug-likeness (QED) is 0.0222. The van der Waals surface area contributed by atoms with E-state index in [9.17, 15) is 43.2 Å². The number of hydrogen-bond acceptors (Lipinski definition) is 15. The van der Waals surface area contributed by atoms with E-state index in [4.69, 9.17) is 37.0 Å². The summed E-state index contributed by atoms with van der Waals surface area (Å²) in [5, 5.41) is 10.5. The summed E-state index contributed by atoms with van der Waals surface area (Å²) in [5.74, 6) is 0.745. The maximum atomic E-state index is 13.0. The lowest BCUT2D eigenvalue weighted by molar-refractivity contribution is -0.161. The van der Waals surface area contributed by atoms with Crippen molar-refractivity contribution >= 4 is 39.5 Å². The summed E-state index contributed by atoms with van der Waals surface area (Å²) < 4.78 is 68.0. The minimum Gasteiger partial charge on any atom is -0.462 e. The van der Waals surface area contributed by atoms with Gasteiger partial charge in [0, 0.05) is 25.7 Å². The molecule has 0 radical (unpaired) electrons. The van der Waals surface area contributed by atoms with Gasteiger partial charge in [-0.25, -0.2) is 9.13 Å². The van der Waals surface area contributed by atoms with Crippen LogP contribution in [0.5, 0.6) is 0 Å². The lowest BCUT2D eigenvalue weighted by atomic mass is 10.00. The van der Waals surface area contributed by atoms with Gasteiger partial charge in [0.15, 0.2) is 12.2 Å². The highest BCUT2D eigenvalue weighted by Crippen LogP contribution is 2.45. The SMILES string of the molecule is CCC(C)CCCCCCCCC(=O)OC[C@H](COP(=O)(O)OC[C@H](O)COP(=O)(O)OC[C@@H](COC(=O)CCCCCCCCCCCCCCCC(C)C)OC(=O)CCCCCCCCC(C)C)OC(=O)CCCCCCCCCC(C)C. The first-order valence-corrected chi connectivity index (χ1v) is 37.2. The van der Waals surface area contributed by atoms with Crippen LogP contribution < -0.4 is 0 Å². The van der Waals surface area contributed by atoms with Crippen molar-refractivity contribution in [2.75, 3.05) is 39.6 Å². The molecule has 0 aromatic heterocycles. The Bertz CT molecular complexity index is 1700. The van der Waals surface area contributed by atoms with Gasteiger partial charge in [-0.2, -0.15) is 0 Å². The number of phosphoric ester groups is 2. The van der Waals surface area contributed by atoms with Gasteiger partial charge in [0.1, 0.15) is 19.3 Å². The number of rotatable bonds is 63. The summed E-state index contributed by atoms with van der Waals surface area (Å²) in [6.07, 6.45) is 36.5. The molecule has 85 heavy (non-hydrogen) atoms. The standard InChI is InChI=1S/C66H128O17P2/c1-9-59(8)45-37-29-23-25-31-39-47-64(69)77-53-61(82-65(70)48-40-32-21-17-19-27-35-43-57(4)5)54-80-84(72,73)78-50-60(67)51-79-85(74,75)81-55-62(83-66(71)49-41-33-24-22-28-36-44-58(6)7)52-76-63(68)46-38-30-20-16-14-12-10-11-13-15-18-26-34-42-56(2)3/h56-62,67H,9-55H2,1-8H3,(H,72,73)(H,74,75)/t59?,60-,61+,62+/m0/s1. The number of aliphatic hydroxyl groups is 1. The van der Waals surface area contributed by atoms with E-state index in [1.54, 1.807) is 0 Å². The van der Waals surface area contributed by atoms with Crippen LogP contribution in [0, 0.1) is 23.7 Å². The van der Waals surface area contributed by atoms with Crippen molar-refractivity contribution in [2.45, 2.75) is 337 Å². The van der Waals surface area contributed by atoms with Gasteiger partial charge >= 0.3 is 39.5 Å². The summed E-state index contributed by atoms with van der Waals surface area (Å²) in [4.78, 5) is 72.2. The van der Waals surface area contributed by atoms with E-state index in [2.05, 4.69) is 55.4 Å². The Morgan fingerprint density at radius 3 is 0.835 bits per heavy atom. The van der Waals surface area contributed by atoms with Gasteiger partial charge in [0.2, 0.25) is 0 Å². The Balaban J connectivity index is 5.20. The highest BCUT2D eigenvalue weighted by atomic mass is 31.2. The molecular formula is C66H128O17P2. The van der Waals surface area contributed by atoms with Gasteiger partial charge in [-0.15, -0.1) is 0 Å². The van der Waals surface area contributed by atoms with Gasteiger partial charge in [-0.05, 0) is 49.4 Å². The molecule has 504 valence electrons. The Morgan fingerprint density at radius 1 is 0.329 bits per heavy atom. The van der Waals surface area contributed by atoms with E-state index in [-0.39, 0.29) is 25.7 Å². The summed E-state index contributed by atoms with van der Waals surface area (Å²) in [6.45, 7) is 13.9. The third-order valence-electron chi connectivity index (χ3n) is 15.4. The van der Waals surface area contributed by atoms with E-state index in [0.717, 1.165) is 108 Å². The van der Waals surface area contributed by atoms with Crippen LogP contribution in [0.2, 0.25) is 0 Å². The summed E-state index contributed by atoms with van der Waals surface area (Å²) in [5.41, 5.74) is 0. The fourth-order valence-corrected chi connectivity index (χ4v) is 11.3. The summed E-state index contributed by atoms with van der Waals surface area (Å²) in [6, 6.07) is 0. The molecular weight excluding hydrogens is 1130 g/mol. The van der Waals surface area contributed by atoms with Gasteiger partial charge in [0.25, 0.3) is 0 Å². The Kier molecular flexibility index (Phi) is 54.8. The smallest absolute Gasteiger partial charge is 0.462 e. The highest BCUT2D eigenvalue weighted by Gasteiger charge is 2.30. The predicted molar refractivity (Wildman–Crippen MR) is 340 cm³/mol.